The van der Waals surface area contributed by atoms with Crippen LogP contribution in [-0.2, 0) is 9.53 Å². The number of aliphatic carboxylic acids is 1. The standard InChI is InChI=1S/C25H26N2O6/c1-25(2,3)33-24(30)27-19(23(28)29)13-15-9-10-17(18-14-26-12-11-16(15)18)22-20(31-4)7-6-8-21(22)32-5/h6-14H,1-5H3,(H,27,30)(H,28,29)/b19-13-. The van der Waals surface area contributed by atoms with Gasteiger partial charge in [0.2, 0.25) is 0 Å². The highest BCUT2D eigenvalue weighted by Gasteiger charge is 2.20. The molecule has 0 saturated carbocycles. The van der Waals surface area contributed by atoms with E-state index in [0.29, 0.717) is 17.1 Å². The third-order valence-electron chi connectivity index (χ3n) is 4.71. The molecule has 0 aliphatic carbocycles. The first-order chi connectivity index (χ1) is 15.6. The van der Waals surface area contributed by atoms with E-state index in [2.05, 4.69) is 10.3 Å². The van der Waals surface area contributed by atoms with E-state index in [4.69, 9.17) is 14.2 Å². The molecule has 0 fully saturated rings. The Morgan fingerprint density at radius 2 is 1.67 bits per heavy atom. The molecule has 8 heteroatoms. The molecular formula is C25H26N2O6. The number of benzene rings is 2. The molecule has 1 amide bonds. The molecule has 0 unspecified atom stereocenters. The molecule has 2 aromatic carbocycles. The molecule has 1 heterocycles. The van der Waals surface area contributed by atoms with Crippen LogP contribution in [0.4, 0.5) is 4.79 Å². The van der Waals surface area contributed by atoms with E-state index in [-0.39, 0.29) is 5.70 Å². The molecule has 0 saturated heterocycles. The highest BCUT2D eigenvalue weighted by Crippen LogP contribution is 2.42. The van der Waals surface area contributed by atoms with Crippen molar-refractivity contribution in [2.24, 2.45) is 0 Å². The molecular weight excluding hydrogens is 424 g/mol. The zero-order valence-corrected chi connectivity index (χ0v) is 19.1. The van der Waals surface area contributed by atoms with E-state index in [0.717, 1.165) is 21.9 Å². The van der Waals surface area contributed by atoms with Gasteiger partial charge >= 0.3 is 12.1 Å². The highest BCUT2D eigenvalue weighted by molar-refractivity contribution is 6.05. The Bertz CT molecular complexity index is 1210. The van der Waals surface area contributed by atoms with Crippen molar-refractivity contribution in [1.82, 2.24) is 10.3 Å². The third kappa shape index (κ3) is 5.41. The van der Waals surface area contributed by atoms with Crippen LogP contribution in [0.1, 0.15) is 26.3 Å². The molecule has 0 radical (unpaired) electrons. The normalized spacial score (nSPS) is 11.7. The number of fused-ring (bicyclic) bond motifs is 1. The van der Waals surface area contributed by atoms with Crippen LogP contribution in [0.3, 0.4) is 0 Å². The van der Waals surface area contributed by atoms with Crippen molar-refractivity contribution in [2.75, 3.05) is 14.2 Å². The molecule has 0 atom stereocenters. The summed E-state index contributed by atoms with van der Waals surface area (Å²) in [5.41, 5.74) is 1.06. The van der Waals surface area contributed by atoms with Crippen molar-refractivity contribution in [3.05, 3.63) is 60.1 Å². The SMILES string of the molecule is COc1cccc(OC)c1-c1ccc(/C=C(\NC(=O)OC(C)(C)C)C(=O)O)c2ccncc12. The number of pyridine rings is 1. The van der Waals surface area contributed by atoms with E-state index in [1.807, 2.05) is 24.3 Å². The summed E-state index contributed by atoms with van der Waals surface area (Å²) in [5.74, 6) is -0.0419. The number of carboxylic acids is 1. The average Bonchev–Trinajstić information content (AvgIpc) is 2.77. The van der Waals surface area contributed by atoms with Gasteiger partial charge < -0.3 is 19.3 Å². The van der Waals surface area contributed by atoms with Crippen molar-refractivity contribution in [2.45, 2.75) is 26.4 Å². The fraction of sp³-hybridized carbons (Fsp3) is 0.240. The Morgan fingerprint density at radius 1 is 1.00 bits per heavy atom. The molecule has 0 aliphatic rings. The lowest BCUT2D eigenvalue weighted by Crippen LogP contribution is -2.34. The van der Waals surface area contributed by atoms with Gasteiger partial charge in [0, 0.05) is 17.8 Å². The molecule has 8 nitrogen and oxygen atoms in total. The van der Waals surface area contributed by atoms with Gasteiger partial charge in [0.15, 0.2) is 0 Å². The molecule has 172 valence electrons. The fourth-order valence-corrected chi connectivity index (χ4v) is 3.39. The maximum atomic E-state index is 12.1. The number of aromatic nitrogens is 1. The Labute approximate surface area is 191 Å². The summed E-state index contributed by atoms with van der Waals surface area (Å²) in [7, 11) is 3.16. The largest absolute Gasteiger partial charge is 0.496 e. The number of methoxy groups -OCH3 is 2. The number of ether oxygens (including phenoxy) is 3. The fourth-order valence-electron chi connectivity index (χ4n) is 3.39. The summed E-state index contributed by atoms with van der Waals surface area (Å²) in [6.45, 7) is 5.09. The summed E-state index contributed by atoms with van der Waals surface area (Å²) >= 11 is 0. The summed E-state index contributed by atoms with van der Waals surface area (Å²) in [6.07, 6.45) is 3.84. The number of rotatable bonds is 6. The number of hydrogen-bond acceptors (Lipinski definition) is 6. The molecule has 3 aromatic rings. The third-order valence-corrected chi connectivity index (χ3v) is 4.71. The van der Waals surface area contributed by atoms with Crippen LogP contribution in [0, 0.1) is 0 Å². The highest BCUT2D eigenvalue weighted by atomic mass is 16.6. The number of amides is 1. The van der Waals surface area contributed by atoms with E-state index >= 15 is 0 Å². The minimum absolute atomic E-state index is 0.315. The number of carbonyl (C=O) groups is 2. The topological polar surface area (TPSA) is 107 Å². The van der Waals surface area contributed by atoms with Gasteiger partial charge in [-0.2, -0.15) is 0 Å². The summed E-state index contributed by atoms with van der Waals surface area (Å²) in [4.78, 5) is 28.2. The summed E-state index contributed by atoms with van der Waals surface area (Å²) in [6, 6.07) is 10.9. The first kappa shape index (κ1) is 23.6. The maximum absolute atomic E-state index is 12.1. The van der Waals surface area contributed by atoms with Crippen LogP contribution in [-0.4, -0.2) is 42.0 Å². The second kappa shape index (κ2) is 9.60. The van der Waals surface area contributed by atoms with Crippen molar-refractivity contribution in [3.63, 3.8) is 0 Å². The quantitative estimate of drug-likeness (QED) is 0.516. The average molecular weight is 450 g/mol. The second-order valence-electron chi connectivity index (χ2n) is 8.15. The number of alkyl carbamates (subject to hydrolysis) is 1. The van der Waals surface area contributed by atoms with Gasteiger partial charge in [-0.1, -0.05) is 18.2 Å². The predicted molar refractivity (Wildman–Crippen MR) is 125 cm³/mol. The van der Waals surface area contributed by atoms with E-state index in [1.165, 1.54) is 6.08 Å². The minimum Gasteiger partial charge on any atom is -0.496 e. The Kier molecular flexibility index (Phi) is 6.86. The van der Waals surface area contributed by atoms with Crippen LogP contribution in [0.25, 0.3) is 28.0 Å². The number of nitrogens with zero attached hydrogens (tertiary/aromatic N) is 1. The number of nitrogens with one attached hydrogen (secondary N) is 1. The zero-order chi connectivity index (χ0) is 24.2. The first-order valence-electron chi connectivity index (χ1n) is 10.2. The van der Waals surface area contributed by atoms with Crippen LogP contribution in [0.5, 0.6) is 11.5 Å². The lowest BCUT2D eigenvalue weighted by molar-refractivity contribution is -0.133. The van der Waals surface area contributed by atoms with Crippen LogP contribution in [0.2, 0.25) is 0 Å². The molecule has 33 heavy (non-hydrogen) atoms. The van der Waals surface area contributed by atoms with E-state index in [1.54, 1.807) is 59.5 Å². The molecule has 0 spiro atoms. The van der Waals surface area contributed by atoms with Crippen LogP contribution < -0.4 is 14.8 Å². The van der Waals surface area contributed by atoms with Gasteiger partial charge in [0.05, 0.1) is 19.8 Å². The van der Waals surface area contributed by atoms with Gasteiger partial charge in [-0.15, -0.1) is 0 Å². The predicted octanol–water partition coefficient (Wildman–Crippen LogP) is 4.87. The Morgan fingerprint density at radius 3 is 2.24 bits per heavy atom. The summed E-state index contributed by atoms with van der Waals surface area (Å²) < 4.78 is 16.3. The lowest BCUT2D eigenvalue weighted by Gasteiger charge is -2.20. The molecule has 0 aliphatic heterocycles. The van der Waals surface area contributed by atoms with Gasteiger partial charge in [-0.3, -0.25) is 10.3 Å². The monoisotopic (exact) mass is 450 g/mol. The van der Waals surface area contributed by atoms with Crippen molar-refractivity contribution >= 4 is 28.9 Å². The number of hydrogen-bond donors (Lipinski definition) is 2. The smallest absolute Gasteiger partial charge is 0.412 e. The van der Waals surface area contributed by atoms with Crippen LogP contribution >= 0.6 is 0 Å². The number of carboxylic acid groups (broad SMARTS) is 1. The van der Waals surface area contributed by atoms with Gasteiger partial charge in [0.25, 0.3) is 0 Å². The van der Waals surface area contributed by atoms with Gasteiger partial charge in [-0.05, 0) is 61.6 Å². The lowest BCUT2D eigenvalue weighted by atomic mass is 9.94. The Hall–Kier alpha value is -4.07. The Balaban J connectivity index is 2.15. The second-order valence-corrected chi connectivity index (χ2v) is 8.15. The van der Waals surface area contributed by atoms with Crippen LogP contribution in [0.15, 0.2) is 54.5 Å². The maximum Gasteiger partial charge on any atom is 0.412 e. The van der Waals surface area contributed by atoms with Gasteiger partial charge in [0.1, 0.15) is 22.8 Å². The van der Waals surface area contributed by atoms with Crippen molar-refractivity contribution in [3.8, 4) is 22.6 Å². The van der Waals surface area contributed by atoms with Crippen molar-refractivity contribution < 1.29 is 28.9 Å². The molecule has 0 bridgehead atoms. The van der Waals surface area contributed by atoms with E-state index in [9.17, 15) is 14.7 Å². The molecule has 3 rings (SSSR count). The molecule has 1 aromatic heterocycles. The first-order valence-corrected chi connectivity index (χ1v) is 10.2. The summed E-state index contributed by atoms with van der Waals surface area (Å²) in [5, 5.41) is 13.4. The zero-order valence-electron chi connectivity index (χ0n) is 19.1. The minimum atomic E-state index is -1.29. The number of carbonyl (C=O) groups excluding carboxylic acids is 1. The van der Waals surface area contributed by atoms with Crippen molar-refractivity contribution in [1.29, 1.82) is 0 Å². The van der Waals surface area contributed by atoms with Gasteiger partial charge in [-0.25, -0.2) is 9.59 Å². The van der Waals surface area contributed by atoms with E-state index < -0.39 is 17.7 Å². The molecule has 2 N–H and O–H groups in total.